The SMILES string of the molecule is CCN1CCN(C(=O)CCNc2ccc(F)c(F)c2F)CC1. The van der Waals surface area contributed by atoms with E-state index in [1.54, 1.807) is 4.90 Å². The average Bonchev–Trinajstić information content (AvgIpc) is 2.54. The minimum Gasteiger partial charge on any atom is -0.382 e. The summed E-state index contributed by atoms with van der Waals surface area (Å²) >= 11 is 0. The van der Waals surface area contributed by atoms with Gasteiger partial charge in [0.05, 0.1) is 5.69 Å². The first-order chi connectivity index (χ1) is 10.5. The molecular weight excluding hydrogens is 295 g/mol. The molecule has 4 nitrogen and oxygen atoms in total. The number of benzene rings is 1. The molecule has 0 atom stereocenters. The van der Waals surface area contributed by atoms with E-state index in [1.165, 1.54) is 0 Å². The van der Waals surface area contributed by atoms with Gasteiger partial charge in [-0.3, -0.25) is 4.79 Å². The average molecular weight is 315 g/mol. The molecule has 0 unspecified atom stereocenters. The lowest BCUT2D eigenvalue weighted by molar-refractivity contribution is -0.132. The van der Waals surface area contributed by atoms with Crippen molar-refractivity contribution < 1.29 is 18.0 Å². The minimum absolute atomic E-state index is 0.0220. The summed E-state index contributed by atoms with van der Waals surface area (Å²) in [5.74, 6) is -4.02. The number of hydrogen-bond acceptors (Lipinski definition) is 3. The highest BCUT2D eigenvalue weighted by atomic mass is 19.2. The van der Waals surface area contributed by atoms with Gasteiger partial charge >= 0.3 is 0 Å². The molecule has 0 saturated carbocycles. The molecule has 1 N–H and O–H groups in total. The third kappa shape index (κ3) is 3.91. The highest BCUT2D eigenvalue weighted by Crippen LogP contribution is 2.19. The first kappa shape index (κ1) is 16.6. The number of piperazine rings is 1. The van der Waals surface area contributed by atoms with Crippen LogP contribution in [0, 0.1) is 17.5 Å². The Balaban J connectivity index is 1.79. The normalized spacial score (nSPS) is 15.9. The van der Waals surface area contributed by atoms with E-state index in [0.29, 0.717) is 13.1 Å². The second-order valence-electron chi connectivity index (χ2n) is 5.21. The topological polar surface area (TPSA) is 35.6 Å². The Labute approximate surface area is 127 Å². The van der Waals surface area contributed by atoms with Crippen LogP contribution in [0.4, 0.5) is 18.9 Å². The van der Waals surface area contributed by atoms with Crippen LogP contribution in [0.25, 0.3) is 0 Å². The lowest BCUT2D eigenvalue weighted by atomic mass is 10.2. The molecular formula is C15H20F3N3O. The van der Waals surface area contributed by atoms with Gasteiger partial charge < -0.3 is 15.1 Å². The van der Waals surface area contributed by atoms with E-state index in [-0.39, 0.29) is 24.6 Å². The van der Waals surface area contributed by atoms with Crippen molar-refractivity contribution in [2.45, 2.75) is 13.3 Å². The summed E-state index contributed by atoms with van der Waals surface area (Å²) in [6, 6.07) is 1.98. The maximum Gasteiger partial charge on any atom is 0.224 e. The van der Waals surface area contributed by atoms with Crippen LogP contribution >= 0.6 is 0 Å². The standard InChI is InChI=1S/C15H20F3N3O/c1-2-20-7-9-21(10-8-20)13(22)5-6-19-12-4-3-11(16)14(17)15(12)18/h3-4,19H,2,5-10H2,1H3. The number of hydrogen-bond donors (Lipinski definition) is 1. The molecule has 1 saturated heterocycles. The number of nitrogens with zero attached hydrogens (tertiary/aromatic N) is 2. The number of likely N-dealkylation sites (N-methyl/N-ethyl adjacent to an activating group) is 1. The van der Waals surface area contributed by atoms with Gasteiger partial charge in [-0.2, -0.15) is 0 Å². The van der Waals surface area contributed by atoms with Crippen molar-refractivity contribution in [1.29, 1.82) is 0 Å². The molecule has 0 aliphatic carbocycles. The van der Waals surface area contributed by atoms with Crippen LogP contribution in [0.2, 0.25) is 0 Å². The summed E-state index contributed by atoms with van der Waals surface area (Å²) in [7, 11) is 0. The van der Waals surface area contributed by atoms with Gasteiger partial charge in [0.1, 0.15) is 0 Å². The van der Waals surface area contributed by atoms with Gasteiger partial charge in [-0.15, -0.1) is 0 Å². The number of nitrogens with one attached hydrogen (secondary N) is 1. The van der Waals surface area contributed by atoms with Crippen LogP contribution in [0.3, 0.4) is 0 Å². The molecule has 1 heterocycles. The molecule has 1 aromatic carbocycles. The summed E-state index contributed by atoms with van der Waals surface area (Å²) < 4.78 is 39.3. The van der Waals surface area contributed by atoms with Crippen molar-refractivity contribution >= 4 is 11.6 Å². The third-order valence-corrected chi connectivity index (χ3v) is 3.86. The number of carbonyl (C=O) groups is 1. The van der Waals surface area contributed by atoms with E-state index in [0.717, 1.165) is 31.8 Å². The Kier molecular flexibility index (Phi) is 5.65. The summed E-state index contributed by atoms with van der Waals surface area (Å²) in [4.78, 5) is 16.1. The predicted molar refractivity (Wildman–Crippen MR) is 78.1 cm³/mol. The Morgan fingerprint density at radius 3 is 2.45 bits per heavy atom. The van der Waals surface area contributed by atoms with Crippen LogP contribution in [-0.4, -0.2) is 55.0 Å². The van der Waals surface area contributed by atoms with Crippen molar-refractivity contribution in [2.75, 3.05) is 44.6 Å². The van der Waals surface area contributed by atoms with Crippen LogP contribution < -0.4 is 5.32 Å². The van der Waals surface area contributed by atoms with Crippen molar-refractivity contribution in [3.05, 3.63) is 29.6 Å². The van der Waals surface area contributed by atoms with Gasteiger partial charge in [0.25, 0.3) is 0 Å². The van der Waals surface area contributed by atoms with Crippen LogP contribution in [0.5, 0.6) is 0 Å². The number of amides is 1. The molecule has 1 fully saturated rings. The highest BCUT2D eigenvalue weighted by molar-refractivity contribution is 5.76. The quantitative estimate of drug-likeness (QED) is 0.845. The molecule has 122 valence electrons. The van der Waals surface area contributed by atoms with E-state index in [2.05, 4.69) is 17.1 Å². The van der Waals surface area contributed by atoms with Crippen molar-refractivity contribution in [1.82, 2.24) is 9.80 Å². The highest BCUT2D eigenvalue weighted by Gasteiger charge is 2.20. The fourth-order valence-electron chi connectivity index (χ4n) is 2.44. The molecule has 0 aromatic heterocycles. The molecule has 1 aromatic rings. The number of anilines is 1. The fraction of sp³-hybridized carbons (Fsp3) is 0.533. The van der Waals surface area contributed by atoms with Gasteiger partial charge in [-0.05, 0) is 18.7 Å². The van der Waals surface area contributed by atoms with Crippen molar-refractivity contribution in [3.8, 4) is 0 Å². The van der Waals surface area contributed by atoms with E-state index >= 15 is 0 Å². The zero-order valence-corrected chi connectivity index (χ0v) is 12.5. The Morgan fingerprint density at radius 1 is 1.14 bits per heavy atom. The van der Waals surface area contributed by atoms with E-state index in [1.807, 2.05) is 0 Å². The zero-order chi connectivity index (χ0) is 16.1. The predicted octanol–water partition coefficient (Wildman–Crippen LogP) is 2.07. The van der Waals surface area contributed by atoms with Gasteiger partial charge in [0, 0.05) is 39.1 Å². The first-order valence-corrected chi connectivity index (χ1v) is 7.40. The van der Waals surface area contributed by atoms with Crippen molar-refractivity contribution in [3.63, 3.8) is 0 Å². The van der Waals surface area contributed by atoms with Crippen molar-refractivity contribution in [2.24, 2.45) is 0 Å². The monoisotopic (exact) mass is 315 g/mol. The first-order valence-electron chi connectivity index (χ1n) is 7.40. The summed E-state index contributed by atoms with van der Waals surface area (Å²) in [5.41, 5.74) is -0.137. The zero-order valence-electron chi connectivity index (χ0n) is 12.5. The molecule has 0 bridgehead atoms. The number of rotatable bonds is 5. The Bertz CT molecular complexity index is 531. The lowest BCUT2D eigenvalue weighted by Crippen LogP contribution is -2.48. The molecule has 0 radical (unpaired) electrons. The van der Waals surface area contributed by atoms with Crippen LogP contribution in [-0.2, 0) is 4.79 Å². The number of carbonyl (C=O) groups excluding carboxylic acids is 1. The van der Waals surface area contributed by atoms with E-state index < -0.39 is 17.5 Å². The molecule has 1 aliphatic rings. The number of halogens is 3. The van der Waals surface area contributed by atoms with Gasteiger partial charge in [-0.1, -0.05) is 6.92 Å². The molecule has 0 spiro atoms. The van der Waals surface area contributed by atoms with Gasteiger partial charge in [-0.25, -0.2) is 13.2 Å². The maximum absolute atomic E-state index is 13.4. The Morgan fingerprint density at radius 2 is 1.82 bits per heavy atom. The molecule has 1 aliphatic heterocycles. The smallest absolute Gasteiger partial charge is 0.224 e. The fourth-order valence-corrected chi connectivity index (χ4v) is 2.44. The largest absolute Gasteiger partial charge is 0.382 e. The molecule has 7 heteroatoms. The maximum atomic E-state index is 13.4. The summed E-state index contributed by atoms with van der Waals surface area (Å²) in [6.07, 6.45) is 0.185. The van der Waals surface area contributed by atoms with Gasteiger partial charge in [0.15, 0.2) is 17.5 Å². The molecule has 1 amide bonds. The third-order valence-electron chi connectivity index (χ3n) is 3.86. The second-order valence-corrected chi connectivity index (χ2v) is 5.21. The molecule has 22 heavy (non-hydrogen) atoms. The second kappa shape index (κ2) is 7.49. The summed E-state index contributed by atoms with van der Waals surface area (Å²) in [5, 5.41) is 2.63. The lowest BCUT2D eigenvalue weighted by Gasteiger charge is -2.34. The van der Waals surface area contributed by atoms with E-state index in [4.69, 9.17) is 0 Å². The van der Waals surface area contributed by atoms with Crippen LogP contribution in [0.15, 0.2) is 12.1 Å². The summed E-state index contributed by atoms with van der Waals surface area (Å²) in [6.45, 7) is 6.31. The minimum atomic E-state index is -1.51. The Hall–Kier alpha value is -1.76. The van der Waals surface area contributed by atoms with E-state index in [9.17, 15) is 18.0 Å². The van der Waals surface area contributed by atoms with Gasteiger partial charge in [0.2, 0.25) is 5.91 Å². The van der Waals surface area contributed by atoms with Crippen LogP contribution in [0.1, 0.15) is 13.3 Å². The molecule has 2 rings (SSSR count).